The molecule has 0 saturated heterocycles. The SMILES string of the molecule is Cc1cc(S(=O)(=O)Nc2ccc(C(=O)O)cc2)c(C)cc1Cl. The van der Waals surface area contributed by atoms with Gasteiger partial charge < -0.3 is 5.11 Å². The van der Waals surface area contributed by atoms with Gasteiger partial charge in [-0.2, -0.15) is 0 Å². The third kappa shape index (κ3) is 3.40. The average Bonchev–Trinajstić information content (AvgIpc) is 2.42. The Labute approximate surface area is 133 Å². The highest BCUT2D eigenvalue weighted by molar-refractivity contribution is 7.92. The van der Waals surface area contributed by atoms with Gasteiger partial charge in [0.15, 0.2) is 0 Å². The molecule has 0 aliphatic rings. The predicted molar refractivity (Wildman–Crippen MR) is 85.1 cm³/mol. The molecule has 0 aliphatic heterocycles. The van der Waals surface area contributed by atoms with Crippen LogP contribution in [0, 0.1) is 13.8 Å². The van der Waals surface area contributed by atoms with Crippen LogP contribution in [0.1, 0.15) is 21.5 Å². The van der Waals surface area contributed by atoms with Crippen LogP contribution < -0.4 is 4.72 Å². The number of carbonyl (C=O) groups is 1. The molecule has 0 saturated carbocycles. The minimum atomic E-state index is -3.77. The number of halogens is 1. The van der Waals surface area contributed by atoms with Crippen LogP contribution >= 0.6 is 11.6 Å². The topological polar surface area (TPSA) is 83.5 Å². The fraction of sp³-hybridized carbons (Fsp3) is 0.133. The summed E-state index contributed by atoms with van der Waals surface area (Å²) >= 11 is 5.97. The molecule has 22 heavy (non-hydrogen) atoms. The van der Waals surface area contributed by atoms with Crippen molar-refractivity contribution in [1.29, 1.82) is 0 Å². The van der Waals surface area contributed by atoms with E-state index in [1.807, 2.05) is 0 Å². The number of benzene rings is 2. The first-order valence-corrected chi connectivity index (χ1v) is 8.20. The summed E-state index contributed by atoms with van der Waals surface area (Å²) in [6.45, 7) is 3.38. The molecule has 2 aromatic rings. The van der Waals surface area contributed by atoms with E-state index in [2.05, 4.69) is 4.72 Å². The molecule has 7 heteroatoms. The zero-order valence-electron chi connectivity index (χ0n) is 11.9. The molecule has 2 aromatic carbocycles. The molecular formula is C15H14ClNO4S. The van der Waals surface area contributed by atoms with Gasteiger partial charge in [-0.25, -0.2) is 13.2 Å². The van der Waals surface area contributed by atoms with E-state index in [4.69, 9.17) is 16.7 Å². The number of nitrogens with one attached hydrogen (secondary N) is 1. The molecule has 0 spiro atoms. The summed E-state index contributed by atoms with van der Waals surface area (Å²) in [5.41, 5.74) is 1.57. The molecule has 2 N–H and O–H groups in total. The predicted octanol–water partition coefficient (Wildman–Crippen LogP) is 3.46. The molecule has 5 nitrogen and oxygen atoms in total. The lowest BCUT2D eigenvalue weighted by atomic mass is 10.2. The highest BCUT2D eigenvalue weighted by Gasteiger charge is 2.18. The van der Waals surface area contributed by atoms with Crippen molar-refractivity contribution < 1.29 is 18.3 Å². The van der Waals surface area contributed by atoms with Gasteiger partial charge in [-0.3, -0.25) is 4.72 Å². The number of carboxylic acids is 1. The van der Waals surface area contributed by atoms with Gasteiger partial charge in [-0.05, 0) is 61.4 Å². The molecule has 2 rings (SSSR count). The highest BCUT2D eigenvalue weighted by atomic mass is 35.5. The molecule has 0 radical (unpaired) electrons. The van der Waals surface area contributed by atoms with Gasteiger partial charge in [0.2, 0.25) is 0 Å². The second kappa shape index (κ2) is 5.98. The van der Waals surface area contributed by atoms with Gasteiger partial charge in [-0.1, -0.05) is 11.6 Å². The van der Waals surface area contributed by atoms with Crippen LogP contribution in [0.15, 0.2) is 41.3 Å². The molecule has 0 unspecified atom stereocenters. The van der Waals surface area contributed by atoms with E-state index in [0.29, 0.717) is 16.1 Å². The Morgan fingerprint density at radius 1 is 1.09 bits per heavy atom. The normalized spacial score (nSPS) is 11.2. The lowest BCUT2D eigenvalue weighted by molar-refractivity contribution is 0.0697. The maximum absolute atomic E-state index is 12.4. The van der Waals surface area contributed by atoms with E-state index in [1.165, 1.54) is 30.3 Å². The standard InChI is InChI=1S/C15H14ClNO4S/c1-9-8-14(10(2)7-13(9)16)22(20,21)17-12-5-3-11(4-6-12)15(18)19/h3-8,17H,1-2H3,(H,18,19). The van der Waals surface area contributed by atoms with Crippen molar-refractivity contribution >= 4 is 33.3 Å². The summed E-state index contributed by atoms with van der Waals surface area (Å²) in [6.07, 6.45) is 0. The van der Waals surface area contributed by atoms with Crippen LogP contribution in [0.3, 0.4) is 0 Å². The number of aryl methyl sites for hydroxylation is 2. The number of aromatic carboxylic acids is 1. The van der Waals surface area contributed by atoms with Gasteiger partial charge >= 0.3 is 5.97 Å². The summed E-state index contributed by atoms with van der Waals surface area (Å²) in [6, 6.07) is 8.57. The van der Waals surface area contributed by atoms with Crippen molar-refractivity contribution in [1.82, 2.24) is 0 Å². The molecule has 0 aromatic heterocycles. The summed E-state index contributed by atoms with van der Waals surface area (Å²) in [5.74, 6) is -1.07. The largest absolute Gasteiger partial charge is 0.478 e. The third-order valence-electron chi connectivity index (χ3n) is 3.13. The first-order valence-electron chi connectivity index (χ1n) is 6.33. The first-order chi connectivity index (χ1) is 10.2. The van der Waals surface area contributed by atoms with E-state index in [1.54, 1.807) is 19.9 Å². The van der Waals surface area contributed by atoms with Gasteiger partial charge in [0.25, 0.3) is 10.0 Å². The Kier molecular flexibility index (Phi) is 4.44. The van der Waals surface area contributed by atoms with Crippen LogP contribution in [0.4, 0.5) is 5.69 Å². The maximum atomic E-state index is 12.4. The first kappa shape index (κ1) is 16.3. The molecule has 0 heterocycles. The van der Waals surface area contributed by atoms with Crippen LogP contribution in [0.5, 0.6) is 0 Å². The smallest absolute Gasteiger partial charge is 0.335 e. The van der Waals surface area contributed by atoms with E-state index in [9.17, 15) is 13.2 Å². The van der Waals surface area contributed by atoms with Crippen LogP contribution in [0.2, 0.25) is 5.02 Å². The van der Waals surface area contributed by atoms with Crippen molar-refractivity contribution in [2.24, 2.45) is 0 Å². The minimum absolute atomic E-state index is 0.0847. The fourth-order valence-electron chi connectivity index (χ4n) is 1.93. The van der Waals surface area contributed by atoms with E-state index < -0.39 is 16.0 Å². The second-order valence-corrected chi connectivity index (χ2v) is 6.91. The molecule has 116 valence electrons. The average molecular weight is 340 g/mol. The highest BCUT2D eigenvalue weighted by Crippen LogP contribution is 2.25. The van der Waals surface area contributed by atoms with Crippen LogP contribution in [-0.2, 0) is 10.0 Å². The quantitative estimate of drug-likeness (QED) is 0.893. The van der Waals surface area contributed by atoms with Gasteiger partial charge in [0.05, 0.1) is 10.5 Å². The van der Waals surface area contributed by atoms with Crippen molar-refractivity contribution in [3.63, 3.8) is 0 Å². The summed E-state index contributed by atoms with van der Waals surface area (Å²) < 4.78 is 27.3. The Hall–Kier alpha value is -2.05. The van der Waals surface area contributed by atoms with Gasteiger partial charge in [0.1, 0.15) is 0 Å². The van der Waals surface area contributed by atoms with E-state index >= 15 is 0 Å². The van der Waals surface area contributed by atoms with Gasteiger partial charge in [0, 0.05) is 10.7 Å². The number of sulfonamides is 1. The number of rotatable bonds is 4. The minimum Gasteiger partial charge on any atom is -0.478 e. The van der Waals surface area contributed by atoms with Crippen molar-refractivity contribution in [3.05, 3.63) is 58.1 Å². The van der Waals surface area contributed by atoms with Crippen LogP contribution in [-0.4, -0.2) is 19.5 Å². The monoisotopic (exact) mass is 339 g/mol. The number of carboxylic acid groups (broad SMARTS) is 1. The third-order valence-corrected chi connectivity index (χ3v) is 5.06. The number of hydrogen-bond donors (Lipinski definition) is 2. The van der Waals surface area contributed by atoms with Crippen molar-refractivity contribution in [2.45, 2.75) is 18.7 Å². The molecular weight excluding hydrogens is 326 g/mol. The van der Waals surface area contributed by atoms with Crippen molar-refractivity contribution in [2.75, 3.05) is 4.72 Å². The Bertz CT molecular complexity index is 829. The molecule has 0 bridgehead atoms. The maximum Gasteiger partial charge on any atom is 0.335 e. The van der Waals surface area contributed by atoms with E-state index in [0.717, 1.165) is 0 Å². The summed E-state index contributed by atoms with van der Waals surface area (Å²) in [4.78, 5) is 10.9. The number of anilines is 1. The zero-order valence-corrected chi connectivity index (χ0v) is 13.5. The van der Waals surface area contributed by atoms with Crippen LogP contribution in [0.25, 0.3) is 0 Å². The fourth-order valence-corrected chi connectivity index (χ4v) is 3.52. The van der Waals surface area contributed by atoms with Crippen molar-refractivity contribution in [3.8, 4) is 0 Å². The second-order valence-electron chi connectivity index (χ2n) is 4.85. The molecule has 0 aliphatic carbocycles. The summed E-state index contributed by atoms with van der Waals surface area (Å²) in [5, 5.41) is 9.33. The molecule has 0 fully saturated rings. The zero-order chi connectivity index (χ0) is 16.5. The Balaban J connectivity index is 2.35. The molecule has 0 atom stereocenters. The lowest BCUT2D eigenvalue weighted by Gasteiger charge is -2.12. The number of hydrogen-bond acceptors (Lipinski definition) is 3. The van der Waals surface area contributed by atoms with Gasteiger partial charge in [-0.15, -0.1) is 0 Å². The van der Waals surface area contributed by atoms with E-state index in [-0.39, 0.29) is 16.1 Å². The summed E-state index contributed by atoms with van der Waals surface area (Å²) in [7, 11) is -3.77. The Morgan fingerprint density at radius 2 is 1.68 bits per heavy atom. The lowest BCUT2D eigenvalue weighted by Crippen LogP contribution is -2.14. The Morgan fingerprint density at radius 3 is 2.23 bits per heavy atom. The molecule has 0 amide bonds.